The maximum absolute atomic E-state index is 12.0. The normalized spacial score (nSPS) is 24.3. The van der Waals surface area contributed by atoms with Crippen LogP contribution in [0, 0.1) is 0 Å². The summed E-state index contributed by atoms with van der Waals surface area (Å²) in [4.78, 5) is 13.6. The van der Waals surface area contributed by atoms with Crippen LogP contribution in [-0.2, 0) is 4.74 Å². The van der Waals surface area contributed by atoms with Crippen molar-refractivity contribution >= 4 is 22.5 Å². The average Bonchev–Trinajstić information content (AvgIpc) is 3.23. The number of rotatable bonds is 8. The molecule has 1 aliphatic heterocycles. The zero-order chi connectivity index (χ0) is 17.6. The van der Waals surface area contributed by atoms with Gasteiger partial charge in [0, 0.05) is 19.6 Å². The lowest BCUT2D eigenvalue weighted by Crippen LogP contribution is -2.31. The molecular weight excluding hydrogens is 338 g/mol. The Hall–Kier alpha value is -1.25. The standard InChI is InChI=1S/C17H29N5O2S/c1-3-4-5-6-11-24-14-9-7-13(8-10-14)15-19-20-16(25-15)22-12-18-21(2)17(22)23/h13-14,18H,3-12H2,1-2H3. The van der Waals surface area contributed by atoms with Crippen LogP contribution in [0.3, 0.4) is 0 Å². The van der Waals surface area contributed by atoms with E-state index in [1.165, 1.54) is 30.7 Å². The van der Waals surface area contributed by atoms with Crippen molar-refractivity contribution in [2.24, 2.45) is 0 Å². The molecule has 2 aliphatic rings. The van der Waals surface area contributed by atoms with E-state index in [4.69, 9.17) is 4.74 Å². The van der Waals surface area contributed by atoms with Crippen LogP contribution in [0.1, 0.15) is 69.2 Å². The molecule has 0 radical (unpaired) electrons. The molecule has 0 unspecified atom stereocenters. The van der Waals surface area contributed by atoms with Crippen LogP contribution >= 0.6 is 11.3 Å². The number of urea groups is 1. The Bertz CT molecular complexity index is 559. The van der Waals surface area contributed by atoms with Crippen molar-refractivity contribution in [1.82, 2.24) is 20.6 Å². The third kappa shape index (κ3) is 4.68. The Morgan fingerprint density at radius 1 is 1.20 bits per heavy atom. The highest BCUT2D eigenvalue weighted by atomic mass is 32.1. The Kier molecular flexibility index (Phi) is 6.61. The van der Waals surface area contributed by atoms with Crippen molar-refractivity contribution in [3.63, 3.8) is 0 Å². The lowest BCUT2D eigenvalue weighted by Gasteiger charge is -2.27. The zero-order valence-corrected chi connectivity index (χ0v) is 16.1. The quantitative estimate of drug-likeness (QED) is 0.712. The molecule has 1 N–H and O–H groups in total. The minimum Gasteiger partial charge on any atom is -0.378 e. The Balaban J connectivity index is 1.43. The first-order valence-electron chi connectivity index (χ1n) is 9.42. The number of carbonyl (C=O) groups is 1. The van der Waals surface area contributed by atoms with Crippen LogP contribution in [0.15, 0.2) is 0 Å². The Morgan fingerprint density at radius 3 is 2.68 bits per heavy atom. The van der Waals surface area contributed by atoms with Crippen LogP contribution in [0.2, 0.25) is 0 Å². The third-order valence-electron chi connectivity index (χ3n) is 5.02. The number of anilines is 1. The molecule has 0 spiro atoms. The van der Waals surface area contributed by atoms with Gasteiger partial charge in [0.1, 0.15) is 5.01 Å². The zero-order valence-electron chi connectivity index (χ0n) is 15.2. The first-order chi connectivity index (χ1) is 12.2. The van der Waals surface area contributed by atoms with Gasteiger partial charge in [-0.15, -0.1) is 10.2 Å². The first-order valence-corrected chi connectivity index (χ1v) is 10.2. The van der Waals surface area contributed by atoms with Gasteiger partial charge >= 0.3 is 6.03 Å². The fraction of sp³-hybridized carbons (Fsp3) is 0.824. The van der Waals surface area contributed by atoms with Crippen LogP contribution in [-0.4, -0.2) is 47.7 Å². The van der Waals surface area contributed by atoms with Crippen molar-refractivity contribution in [3.05, 3.63) is 5.01 Å². The minimum atomic E-state index is -0.0807. The van der Waals surface area contributed by atoms with Crippen molar-refractivity contribution in [2.75, 3.05) is 25.2 Å². The molecule has 8 heteroatoms. The molecule has 2 fully saturated rings. The minimum absolute atomic E-state index is 0.0807. The van der Waals surface area contributed by atoms with Crippen LogP contribution in [0.5, 0.6) is 0 Å². The SMILES string of the molecule is CCCCCCOC1CCC(c2nnc(N3CNN(C)C3=O)s2)CC1. The summed E-state index contributed by atoms with van der Waals surface area (Å²) < 4.78 is 6.03. The molecule has 140 valence electrons. The number of carbonyl (C=O) groups excluding carboxylic acids is 1. The molecule has 1 aliphatic carbocycles. The molecule has 1 aromatic heterocycles. The van der Waals surface area contributed by atoms with Crippen molar-refractivity contribution in [2.45, 2.75) is 70.3 Å². The molecule has 0 bridgehead atoms. The van der Waals surface area contributed by atoms with Gasteiger partial charge in [-0.25, -0.2) is 10.2 Å². The van der Waals surface area contributed by atoms with E-state index in [1.54, 1.807) is 23.3 Å². The molecule has 3 rings (SSSR count). The summed E-state index contributed by atoms with van der Waals surface area (Å²) in [5.41, 5.74) is 2.98. The number of ether oxygens (including phenoxy) is 1. The third-order valence-corrected chi connectivity index (χ3v) is 6.13. The highest BCUT2D eigenvalue weighted by Crippen LogP contribution is 2.37. The van der Waals surface area contributed by atoms with Crippen molar-refractivity contribution in [3.8, 4) is 0 Å². The van der Waals surface area contributed by atoms with Crippen LogP contribution < -0.4 is 10.3 Å². The molecular formula is C17H29N5O2S. The smallest absolute Gasteiger partial charge is 0.341 e. The summed E-state index contributed by atoms with van der Waals surface area (Å²) in [5, 5.41) is 11.8. The van der Waals surface area contributed by atoms with Crippen LogP contribution in [0.4, 0.5) is 9.93 Å². The highest BCUT2D eigenvalue weighted by Gasteiger charge is 2.31. The summed E-state index contributed by atoms with van der Waals surface area (Å²) in [6.45, 7) is 3.59. The van der Waals surface area contributed by atoms with Gasteiger partial charge in [-0.1, -0.05) is 37.5 Å². The van der Waals surface area contributed by atoms with E-state index in [0.29, 0.717) is 23.8 Å². The fourth-order valence-electron chi connectivity index (χ4n) is 3.40. The van der Waals surface area contributed by atoms with E-state index in [1.807, 2.05) is 0 Å². The van der Waals surface area contributed by atoms with Gasteiger partial charge in [0.25, 0.3) is 0 Å². The van der Waals surface area contributed by atoms with Crippen molar-refractivity contribution in [1.29, 1.82) is 0 Å². The topological polar surface area (TPSA) is 70.6 Å². The molecule has 7 nitrogen and oxygen atoms in total. The Morgan fingerprint density at radius 2 is 2.00 bits per heavy atom. The molecule has 0 aromatic carbocycles. The molecule has 2 heterocycles. The number of unbranched alkanes of at least 4 members (excludes halogenated alkanes) is 3. The highest BCUT2D eigenvalue weighted by molar-refractivity contribution is 7.15. The summed E-state index contributed by atoms with van der Waals surface area (Å²) in [6.07, 6.45) is 9.83. The summed E-state index contributed by atoms with van der Waals surface area (Å²) in [6, 6.07) is -0.0807. The van der Waals surface area contributed by atoms with E-state index < -0.39 is 0 Å². The molecule has 1 saturated heterocycles. The largest absolute Gasteiger partial charge is 0.378 e. The number of amides is 2. The number of aromatic nitrogens is 2. The van der Waals surface area contributed by atoms with E-state index in [2.05, 4.69) is 22.5 Å². The fourth-order valence-corrected chi connectivity index (χ4v) is 4.40. The number of nitrogens with zero attached hydrogens (tertiary/aromatic N) is 4. The number of hydrazine groups is 1. The average molecular weight is 368 g/mol. The second-order valence-corrected chi connectivity index (χ2v) is 7.90. The van der Waals surface area contributed by atoms with Crippen LogP contribution in [0.25, 0.3) is 0 Å². The maximum atomic E-state index is 12.0. The second kappa shape index (κ2) is 8.91. The molecule has 1 saturated carbocycles. The van der Waals surface area contributed by atoms with Gasteiger partial charge in [-0.05, 0) is 32.1 Å². The molecule has 25 heavy (non-hydrogen) atoms. The monoisotopic (exact) mass is 367 g/mol. The van der Waals surface area contributed by atoms with E-state index in [9.17, 15) is 4.79 Å². The summed E-state index contributed by atoms with van der Waals surface area (Å²) >= 11 is 1.55. The predicted molar refractivity (Wildman–Crippen MR) is 98.6 cm³/mol. The van der Waals surface area contributed by atoms with Gasteiger partial charge < -0.3 is 4.74 Å². The second-order valence-electron chi connectivity index (χ2n) is 6.91. The van der Waals surface area contributed by atoms with Gasteiger partial charge in [0.2, 0.25) is 5.13 Å². The summed E-state index contributed by atoms with van der Waals surface area (Å²) in [5.74, 6) is 0.453. The first kappa shape index (κ1) is 18.5. The predicted octanol–water partition coefficient (Wildman–Crippen LogP) is 3.50. The lowest BCUT2D eigenvalue weighted by molar-refractivity contribution is 0.0226. The molecule has 2 amide bonds. The van der Waals surface area contributed by atoms with Gasteiger partial charge in [-0.3, -0.25) is 9.91 Å². The maximum Gasteiger partial charge on any atom is 0.341 e. The number of nitrogens with one attached hydrogen (secondary N) is 1. The van der Waals surface area contributed by atoms with E-state index in [-0.39, 0.29) is 6.03 Å². The van der Waals surface area contributed by atoms with Crippen molar-refractivity contribution < 1.29 is 9.53 Å². The van der Waals surface area contributed by atoms with Gasteiger partial charge in [0.15, 0.2) is 0 Å². The Labute approximate surface area is 153 Å². The van der Waals surface area contributed by atoms with E-state index >= 15 is 0 Å². The number of hydrogen-bond acceptors (Lipinski definition) is 6. The summed E-state index contributed by atoms with van der Waals surface area (Å²) in [7, 11) is 1.72. The van der Waals surface area contributed by atoms with E-state index in [0.717, 1.165) is 37.3 Å². The molecule has 0 atom stereocenters. The lowest BCUT2D eigenvalue weighted by atomic mass is 9.88. The van der Waals surface area contributed by atoms with Gasteiger partial charge in [0.05, 0.1) is 12.8 Å². The number of hydrogen-bond donors (Lipinski definition) is 1. The van der Waals surface area contributed by atoms with Gasteiger partial charge in [-0.2, -0.15) is 0 Å². The molecule has 1 aromatic rings.